The highest BCUT2D eigenvalue weighted by atomic mass is 32.2. The monoisotopic (exact) mass is 304 g/mol. The molecule has 1 aromatic heterocycles. The van der Waals surface area contributed by atoms with Crippen molar-refractivity contribution in [3.63, 3.8) is 0 Å². The predicted octanol–water partition coefficient (Wildman–Crippen LogP) is 2.38. The van der Waals surface area contributed by atoms with Crippen molar-refractivity contribution < 1.29 is 10.1 Å². The second kappa shape index (κ2) is 6.71. The van der Waals surface area contributed by atoms with Crippen molar-refractivity contribution in [2.75, 3.05) is 0 Å². The molecule has 3 N–H and O–H groups in total. The van der Waals surface area contributed by atoms with Gasteiger partial charge in [0.1, 0.15) is 5.69 Å². The van der Waals surface area contributed by atoms with Gasteiger partial charge < -0.3 is 10.9 Å². The van der Waals surface area contributed by atoms with E-state index >= 15 is 0 Å². The van der Waals surface area contributed by atoms with Crippen molar-refractivity contribution in [1.29, 1.82) is 0 Å². The largest absolute Gasteiger partial charge is 0.409 e. The van der Waals surface area contributed by atoms with Crippen molar-refractivity contribution in [2.24, 2.45) is 10.9 Å². The van der Waals surface area contributed by atoms with Crippen LogP contribution in [0.1, 0.15) is 11.3 Å². The lowest BCUT2D eigenvalue weighted by Gasteiger charge is -2.04. The van der Waals surface area contributed by atoms with Crippen LogP contribution < -0.4 is 5.73 Å². The van der Waals surface area contributed by atoms with Gasteiger partial charge in [-0.05, 0) is 29.8 Å². The Balaban J connectivity index is 2.04. The number of nitrogens with two attached hydrogens (primary N) is 1. The quantitative estimate of drug-likeness (QED) is 0.219. The van der Waals surface area contributed by atoms with Gasteiger partial charge in [-0.3, -0.25) is 15.1 Å². The molecule has 0 atom stereocenters. The molecule has 0 spiro atoms. The number of nitro groups is 1. The van der Waals surface area contributed by atoms with E-state index in [0.29, 0.717) is 11.4 Å². The van der Waals surface area contributed by atoms with Gasteiger partial charge in [-0.15, -0.1) is 11.8 Å². The maximum Gasteiger partial charge on any atom is 0.269 e. The molecular formula is C13H12N4O3S. The van der Waals surface area contributed by atoms with E-state index in [9.17, 15) is 10.1 Å². The highest BCUT2D eigenvalue weighted by Gasteiger charge is 2.06. The third-order valence-corrected chi connectivity index (χ3v) is 3.73. The predicted molar refractivity (Wildman–Crippen MR) is 79.4 cm³/mol. The Labute approximate surface area is 124 Å². The van der Waals surface area contributed by atoms with Crippen LogP contribution >= 0.6 is 11.8 Å². The van der Waals surface area contributed by atoms with Crippen LogP contribution in [-0.2, 0) is 5.75 Å². The summed E-state index contributed by atoms with van der Waals surface area (Å²) in [6.07, 6.45) is 1.58. The van der Waals surface area contributed by atoms with Gasteiger partial charge in [0.05, 0.1) is 4.92 Å². The van der Waals surface area contributed by atoms with Crippen LogP contribution in [0.3, 0.4) is 0 Å². The molecule has 7 nitrogen and oxygen atoms in total. The van der Waals surface area contributed by atoms with E-state index in [2.05, 4.69) is 10.1 Å². The lowest BCUT2D eigenvalue weighted by atomic mass is 10.2. The molecule has 1 heterocycles. The van der Waals surface area contributed by atoms with Gasteiger partial charge in [-0.25, -0.2) is 0 Å². The molecule has 2 rings (SSSR count). The van der Waals surface area contributed by atoms with E-state index in [4.69, 9.17) is 10.9 Å². The minimum atomic E-state index is -0.430. The Morgan fingerprint density at radius 1 is 1.38 bits per heavy atom. The zero-order valence-corrected chi connectivity index (χ0v) is 11.7. The second-order valence-electron chi connectivity index (χ2n) is 4.07. The zero-order valence-electron chi connectivity index (χ0n) is 10.8. The first-order valence-electron chi connectivity index (χ1n) is 5.90. The molecule has 0 amide bonds. The van der Waals surface area contributed by atoms with E-state index in [1.807, 2.05) is 6.07 Å². The molecule has 0 aliphatic carbocycles. The van der Waals surface area contributed by atoms with Gasteiger partial charge in [0.25, 0.3) is 5.69 Å². The summed E-state index contributed by atoms with van der Waals surface area (Å²) in [6, 6.07) is 9.90. The number of nitro benzene ring substituents is 1. The molecule has 0 radical (unpaired) electrons. The Bertz CT molecular complexity index is 673. The Hall–Kier alpha value is -2.61. The number of oxime groups is 1. The minimum Gasteiger partial charge on any atom is -0.409 e. The molecule has 0 bridgehead atoms. The van der Waals surface area contributed by atoms with Crippen LogP contribution in [0.4, 0.5) is 5.69 Å². The summed E-state index contributed by atoms with van der Waals surface area (Å²) < 4.78 is 0. The molecule has 8 heteroatoms. The first kappa shape index (κ1) is 14.8. The van der Waals surface area contributed by atoms with E-state index < -0.39 is 4.92 Å². The number of aromatic nitrogens is 1. The number of amidine groups is 1. The van der Waals surface area contributed by atoms with E-state index in [0.717, 1.165) is 10.5 Å². The summed E-state index contributed by atoms with van der Waals surface area (Å²) in [7, 11) is 0. The van der Waals surface area contributed by atoms with Crippen molar-refractivity contribution in [3.05, 3.63) is 64.0 Å². The molecule has 0 fully saturated rings. The van der Waals surface area contributed by atoms with Gasteiger partial charge in [0, 0.05) is 29.0 Å². The Kier molecular flexibility index (Phi) is 4.72. The lowest BCUT2D eigenvalue weighted by molar-refractivity contribution is -0.384. The van der Waals surface area contributed by atoms with Crippen LogP contribution in [0.2, 0.25) is 0 Å². The van der Waals surface area contributed by atoms with Crippen LogP contribution in [0.5, 0.6) is 0 Å². The highest BCUT2D eigenvalue weighted by molar-refractivity contribution is 7.98. The van der Waals surface area contributed by atoms with E-state index in [1.165, 1.54) is 23.9 Å². The van der Waals surface area contributed by atoms with Gasteiger partial charge >= 0.3 is 0 Å². The van der Waals surface area contributed by atoms with Crippen LogP contribution in [-0.4, -0.2) is 21.0 Å². The topological polar surface area (TPSA) is 115 Å². The van der Waals surface area contributed by atoms with E-state index in [-0.39, 0.29) is 11.5 Å². The average Bonchev–Trinajstić information content (AvgIpc) is 2.52. The summed E-state index contributed by atoms with van der Waals surface area (Å²) in [5.41, 5.74) is 6.91. The smallest absolute Gasteiger partial charge is 0.269 e. The molecule has 0 aliphatic heterocycles. The number of thioether (sulfide) groups is 1. The summed E-state index contributed by atoms with van der Waals surface area (Å²) in [5, 5.41) is 22.1. The lowest BCUT2D eigenvalue weighted by Crippen LogP contribution is -2.15. The minimum absolute atomic E-state index is 0.0443. The number of rotatable bonds is 5. The molecular weight excluding hydrogens is 292 g/mol. The fraction of sp³-hybridized carbons (Fsp3) is 0.0769. The Morgan fingerprint density at radius 3 is 2.71 bits per heavy atom. The molecule has 0 saturated carbocycles. The first-order valence-corrected chi connectivity index (χ1v) is 6.89. The summed E-state index contributed by atoms with van der Waals surface area (Å²) >= 11 is 1.53. The second-order valence-corrected chi connectivity index (χ2v) is 5.12. The number of nitrogens with zero attached hydrogens (tertiary/aromatic N) is 3. The standard InChI is InChI=1S/C13H12N4O3S/c14-13(16-18)12-7-9(5-6-15-12)8-21-11-3-1-10(2-4-11)17(19)20/h1-7,18H,8H2,(H2,14,16). The zero-order chi connectivity index (χ0) is 15.2. The molecule has 108 valence electrons. The SMILES string of the molecule is NC(=NO)c1cc(CSc2ccc([N+](=O)[O-])cc2)ccn1. The number of non-ortho nitro benzene ring substituents is 1. The van der Waals surface area contributed by atoms with E-state index in [1.54, 1.807) is 24.4 Å². The fourth-order valence-corrected chi connectivity index (χ4v) is 2.43. The molecule has 2 aromatic rings. The third-order valence-electron chi connectivity index (χ3n) is 2.65. The van der Waals surface area contributed by atoms with Crippen molar-refractivity contribution >= 4 is 23.3 Å². The highest BCUT2D eigenvalue weighted by Crippen LogP contribution is 2.24. The maximum atomic E-state index is 10.6. The van der Waals surface area contributed by atoms with Crippen LogP contribution in [0.15, 0.2) is 52.6 Å². The van der Waals surface area contributed by atoms with Crippen molar-refractivity contribution in [2.45, 2.75) is 10.6 Å². The maximum absolute atomic E-state index is 10.6. The molecule has 0 aliphatic rings. The Morgan fingerprint density at radius 2 is 2.10 bits per heavy atom. The molecule has 1 aromatic carbocycles. The van der Waals surface area contributed by atoms with Crippen LogP contribution in [0.25, 0.3) is 0 Å². The molecule has 0 saturated heterocycles. The summed E-state index contributed by atoms with van der Waals surface area (Å²) in [4.78, 5) is 15.1. The number of pyridine rings is 1. The molecule has 21 heavy (non-hydrogen) atoms. The average molecular weight is 304 g/mol. The fourth-order valence-electron chi connectivity index (χ4n) is 1.59. The van der Waals surface area contributed by atoms with Crippen molar-refractivity contribution in [3.8, 4) is 0 Å². The summed E-state index contributed by atoms with van der Waals surface area (Å²) in [5.74, 6) is 0.601. The normalized spacial score (nSPS) is 11.3. The first-order chi connectivity index (χ1) is 10.1. The van der Waals surface area contributed by atoms with Gasteiger partial charge in [-0.1, -0.05) is 5.16 Å². The number of benzene rings is 1. The van der Waals surface area contributed by atoms with Gasteiger partial charge in [0.2, 0.25) is 0 Å². The van der Waals surface area contributed by atoms with Crippen molar-refractivity contribution in [1.82, 2.24) is 4.98 Å². The van der Waals surface area contributed by atoms with Gasteiger partial charge in [-0.2, -0.15) is 0 Å². The van der Waals surface area contributed by atoms with Crippen LogP contribution in [0, 0.1) is 10.1 Å². The van der Waals surface area contributed by atoms with Gasteiger partial charge in [0.15, 0.2) is 5.84 Å². The third kappa shape index (κ3) is 3.93. The molecule has 0 unspecified atom stereocenters. The summed E-state index contributed by atoms with van der Waals surface area (Å²) in [6.45, 7) is 0. The number of hydrogen-bond donors (Lipinski definition) is 2. The number of hydrogen-bond acceptors (Lipinski definition) is 6.